The molecule has 0 radical (unpaired) electrons. The summed E-state index contributed by atoms with van der Waals surface area (Å²) in [5.41, 5.74) is 1.18. The average molecular weight is 277 g/mol. The zero-order chi connectivity index (χ0) is 15.5. The molecular formula is C16H23NO3. The van der Waals surface area contributed by atoms with Gasteiger partial charge < -0.3 is 14.8 Å². The lowest BCUT2D eigenvalue weighted by atomic mass is 10.0. The quantitative estimate of drug-likeness (QED) is 0.511. The van der Waals surface area contributed by atoms with Crippen LogP contribution in [0.25, 0.3) is 0 Å². The highest BCUT2D eigenvalue weighted by molar-refractivity contribution is 6.01. The Bertz CT molecular complexity index is 449. The monoisotopic (exact) mass is 277 g/mol. The van der Waals surface area contributed by atoms with Crippen molar-refractivity contribution in [3.63, 3.8) is 0 Å². The molecule has 0 aliphatic carbocycles. The van der Waals surface area contributed by atoms with Gasteiger partial charge in [0.25, 0.3) is 0 Å². The summed E-state index contributed by atoms with van der Waals surface area (Å²) in [7, 11) is 3.21. The van der Waals surface area contributed by atoms with E-state index in [-0.39, 0.29) is 5.78 Å². The predicted octanol–water partition coefficient (Wildman–Crippen LogP) is 2.91. The number of Topliss-reactive ketones (excluding diaryl/α,β-unsaturated/α-hetero) is 1. The van der Waals surface area contributed by atoms with Crippen LogP contribution < -0.4 is 4.74 Å². The third-order valence-electron chi connectivity index (χ3n) is 2.58. The van der Waals surface area contributed by atoms with E-state index in [4.69, 9.17) is 4.74 Å². The molecule has 0 saturated carbocycles. The van der Waals surface area contributed by atoms with Gasteiger partial charge in [-0.2, -0.15) is 0 Å². The summed E-state index contributed by atoms with van der Waals surface area (Å²) in [6.07, 6.45) is 1.61. The lowest BCUT2D eigenvalue weighted by Crippen LogP contribution is -2.21. The minimum atomic E-state index is -1.05. The van der Waals surface area contributed by atoms with Crippen LogP contribution in [0, 0.1) is 0 Å². The van der Waals surface area contributed by atoms with E-state index in [1.165, 1.54) is 0 Å². The van der Waals surface area contributed by atoms with Crippen LogP contribution in [-0.4, -0.2) is 37.9 Å². The number of benzene rings is 1. The zero-order valence-corrected chi connectivity index (χ0v) is 12.6. The first kappa shape index (κ1) is 18.1. The number of methoxy groups -OCH3 is 1. The van der Waals surface area contributed by atoms with E-state index in [0.29, 0.717) is 16.9 Å². The van der Waals surface area contributed by atoms with E-state index in [0.717, 1.165) is 6.42 Å². The van der Waals surface area contributed by atoms with Crippen molar-refractivity contribution in [3.8, 4) is 5.75 Å². The van der Waals surface area contributed by atoms with Gasteiger partial charge in [-0.3, -0.25) is 4.79 Å². The Morgan fingerprint density at radius 1 is 1.45 bits per heavy atom. The van der Waals surface area contributed by atoms with Crippen molar-refractivity contribution in [1.29, 1.82) is 0 Å². The van der Waals surface area contributed by atoms with Crippen molar-refractivity contribution in [2.24, 2.45) is 4.99 Å². The van der Waals surface area contributed by atoms with Gasteiger partial charge >= 0.3 is 0 Å². The normalized spacial score (nSPS) is 11.9. The molecule has 0 bridgehead atoms. The summed E-state index contributed by atoms with van der Waals surface area (Å²) in [4.78, 5) is 15.2. The van der Waals surface area contributed by atoms with Crippen molar-refractivity contribution in [1.82, 2.24) is 0 Å². The molecule has 20 heavy (non-hydrogen) atoms. The number of hydrogen-bond acceptors (Lipinski definition) is 4. The molecule has 0 aliphatic rings. The number of nitrogens with zero attached hydrogens (tertiary/aromatic N) is 1. The molecule has 1 atom stereocenters. The Hall–Kier alpha value is -1.94. The second-order valence-electron chi connectivity index (χ2n) is 4.17. The van der Waals surface area contributed by atoms with E-state index in [2.05, 4.69) is 11.7 Å². The molecule has 0 heterocycles. The van der Waals surface area contributed by atoms with Crippen LogP contribution in [0.2, 0.25) is 0 Å². The van der Waals surface area contributed by atoms with Crippen LogP contribution in [0.15, 0.2) is 40.9 Å². The summed E-state index contributed by atoms with van der Waals surface area (Å²) in [5, 5.41) is 9.85. The highest BCUT2D eigenvalue weighted by Crippen LogP contribution is 2.15. The molecule has 4 heteroatoms. The number of ether oxygens (including phenoxy) is 1. The molecule has 0 saturated heterocycles. The third kappa shape index (κ3) is 5.80. The molecule has 0 aliphatic heterocycles. The Kier molecular flexibility index (Phi) is 8.96. The average Bonchev–Trinajstić information content (AvgIpc) is 2.47. The SMILES string of the molecule is C=NC.CC/C=C(\C)C(O)C(=O)c1ccc(OC)cc1. The van der Waals surface area contributed by atoms with Crippen molar-refractivity contribution in [2.75, 3.05) is 14.2 Å². The largest absolute Gasteiger partial charge is 0.497 e. The minimum absolute atomic E-state index is 0.283. The highest BCUT2D eigenvalue weighted by Gasteiger charge is 2.18. The zero-order valence-electron chi connectivity index (χ0n) is 12.6. The number of allylic oxidation sites excluding steroid dienone is 1. The van der Waals surface area contributed by atoms with E-state index >= 15 is 0 Å². The first-order valence-electron chi connectivity index (χ1n) is 6.39. The molecule has 0 amide bonds. The van der Waals surface area contributed by atoms with Gasteiger partial charge in [-0.1, -0.05) is 13.0 Å². The summed E-state index contributed by atoms with van der Waals surface area (Å²) in [6, 6.07) is 6.73. The van der Waals surface area contributed by atoms with E-state index in [1.54, 1.807) is 45.3 Å². The first-order chi connectivity index (χ1) is 9.51. The van der Waals surface area contributed by atoms with Crippen molar-refractivity contribution in [3.05, 3.63) is 41.5 Å². The summed E-state index contributed by atoms with van der Waals surface area (Å²) in [6.45, 7) is 6.84. The molecule has 1 aromatic rings. The van der Waals surface area contributed by atoms with Crippen molar-refractivity contribution < 1.29 is 14.6 Å². The molecule has 4 nitrogen and oxygen atoms in total. The third-order valence-corrected chi connectivity index (χ3v) is 2.58. The van der Waals surface area contributed by atoms with Crippen LogP contribution in [0.4, 0.5) is 0 Å². The molecule has 110 valence electrons. The van der Waals surface area contributed by atoms with Gasteiger partial charge in [-0.15, -0.1) is 0 Å². The summed E-state index contributed by atoms with van der Waals surface area (Å²) in [5.74, 6) is 0.409. The van der Waals surface area contributed by atoms with Gasteiger partial charge in [0.1, 0.15) is 11.9 Å². The Labute approximate surface area is 120 Å². The maximum Gasteiger partial charge on any atom is 0.195 e. The van der Waals surface area contributed by atoms with E-state index < -0.39 is 6.10 Å². The molecule has 0 aromatic heterocycles. The molecular weight excluding hydrogens is 254 g/mol. The van der Waals surface area contributed by atoms with E-state index in [1.807, 2.05) is 13.0 Å². The number of aliphatic hydroxyl groups excluding tert-OH is 1. The minimum Gasteiger partial charge on any atom is -0.497 e. The number of aliphatic hydroxyl groups is 1. The predicted molar refractivity (Wildman–Crippen MR) is 82.9 cm³/mol. The van der Waals surface area contributed by atoms with Gasteiger partial charge in [0.15, 0.2) is 5.78 Å². The Morgan fingerprint density at radius 2 is 1.95 bits per heavy atom. The standard InChI is InChI=1S/C14H18O3.C2H5N/c1-4-5-10(2)13(15)14(16)11-6-8-12(17-3)9-7-11;1-3-2/h5-9,13,15H,4H2,1-3H3;1H2,2H3/b10-5+;. The lowest BCUT2D eigenvalue weighted by Gasteiger charge is -2.10. The van der Waals surface area contributed by atoms with Crippen LogP contribution in [0.1, 0.15) is 30.6 Å². The molecule has 0 fully saturated rings. The Morgan fingerprint density at radius 3 is 2.35 bits per heavy atom. The van der Waals surface area contributed by atoms with Crippen LogP contribution in [0.3, 0.4) is 0 Å². The fourth-order valence-electron chi connectivity index (χ4n) is 1.55. The molecule has 0 spiro atoms. The topological polar surface area (TPSA) is 58.9 Å². The summed E-state index contributed by atoms with van der Waals surface area (Å²) >= 11 is 0. The number of rotatable bonds is 5. The van der Waals surface area contributed by atoms with Crippen molar-refractivity contribution >= 4 is 12.5 Å². The second-order valence-corrected chi connectivity index (χ2v) is 4.17. The van der Waals surface area contributed by atoms with Gasteiger partial charge in [-0.25, -0.2) is 0 Å². The molecule has 1 unspecified atom stereocenters. The second kappa shape index (κ2) is 9.92. The maximum atomic E-state index is 11.9. The molecule has 1 aromatic carbocycles. The molecule has 1 N–H and O–H groups in total. The van der Waals surface area contributed by atoms with Crippen LogP contribution >= 0.6 is 0 Å². The number of ketones is 1. The first-order valence-corrected chi connectivity index (χ1v) is 6.39. The summed E-state index contributed by atoms with van der Waals surface area (Å²) < 4.78 is 5.01. The smallest absolute Gasteiger partial charge is 0.195 e. The van der Waals surface area contributed by atoms with Gasteiger partial charge in [0.2, 0.25) is 0 Å². The van der Waals surface area contributed by atoms with Crippen molar-refractivity contribution in [2.45, 2.75) is 26.4 Å². The van der Waals surface area contributed by atoms with Crippen LogP contribution in [-0.2, 0) is 0 Å². The highest BCUT2D eigenvalue weighted by atomic mass is 16.5. The number of carbonyl (C=O) groups excluding carboxylic acids is 1. The van der Waals surface area contributed by atoms with E-state index in [9.17, 15) is 9.90 Å². The fraction of sp³-hybridized carbons (Fsp3) is 0.375. The van der Waals surface area contributed by atoms with Gasteiger partial charge in [0.05, 0.1) is 7.11 Å². The molecule has 1 rings (SSSR count). The fourth-order valence-corrected chi connectivity index (χ4v) is 1.55. The lowest BCUT2D eigenvalue weighted by molar-refractivity contribution is 0.0805. The number of aliphatic imine (C=N–C) groups is 1. The number of carbonyl (C=O) groups is 1. The van der Waals surface area contributed by atoms with Gasteiger partial charge in [0, 0.05) is 12.6 Å². The Balaban J connectivity index is 0.00000110. The number of hydrogen-bond donors (Lipinski definition) is 1. The van der Waals surface area contributed by atoms with Gasteiger partial charge in [-0.05, 0) is 49.9 Å². The maximum absolute atomic E-state index is 11.9. The van der Waals surface area contributed by atoms with Crippen LogP contribution in [0.5, 0.6) is 5.75 Å².